The smallest absolute Gasteiger partial charge is 0.101 e. The first-order valence-electron chi connectivity index (χ1n) is 5.73. The summed E-state index contributed by atoms with van der Waals surface area (Å²) in [6.45, 7) is 0. The number of thiophene rings is 1. The Balaban J connectivity index is 2.13. The van der Waals surface area contributed by atoms with Gasteiger partial charge in [0.1, 0.15) is 6.07 Å². The zero-order valence-corrected chi connectivity index (χ0v) is 10.8. The van der Waals surface area contributed by atoms with Gasteiger partial charge < -0.3 is 0 Å². The molecule has 0 saturated carbocycles. The molecule has 0 aliphatic rings. The number of pyridine rings is 2. The molecule has 0 N–H and O–H groups in total. The molecule has 4 heteroatoms. The van der Waals surface area contributed by atoms with Crippen molar-refractivity contribution in [1.82, 2.24) is 9.97 Å². The molecule has 3 nitrogen and oxygen atoms in total. The SMILES string of the molecule is N#Cc1cc(-c2ccncc2)sc1-c1ccncc1. The third-order valence-corrected chi connectivity index (χ3v) is 3.99. The van der Waals surface area contributed by atoms with Crippen LogP contribution in [0.4, 0.5) is 0 Å². The monoisotopic (exact) mass is 263 g/mol. The van der Waals surface area contributed by atoms with Crippen LogP contribution >= 0.6 is 11.3 Å². The van der Waals surface area contributed by atoms with Crippen LogP contribution in [-0.4, -0.2) is 9.97 Å². The van der Waals surface area contributed by atoms with Crippen LogP contribution in [-0.2, 0) is 0 Å². The lowest BCUT2D eigenvalue weighted by Crippen LogP contribution is -1.76. The fourth-order valence-corrected chi connectivity index (χ4v) is 2.97. The van der Waals surface area contributed by atoms with E-state index in [0.717, 1.165) is 20.9 Å². The highest BCUT2D eigenvalue weighted by molar-refractivity contribution is 7.19. The zero-order valence-electron chi connectivity index (χ0n) is 9.95. The molecule has 0 saturated heterocycles. The minimum absolute atomic E-state index is 0.697. The lowest BCUT2D eigenvalue weighted by Gasteiger charge is -1.97. The molecule has 0 unspecified atom stereocenters. The first-order chi connectivity index (χ1) is 9.38. The van der Waals surface area contributed by atoms with Crippen molar-refractivity contribution in [3.05, 3.63) is 60.7 Å². The van der Waals surface area contributed by atoms with Gasteiger partial charge in [0.15, 0.2) is 0 Å². The predicted octanol–water partition coefficient (Wildman–Crippen LogP) is 3.74. The number of aromatic nitrogens is 2. The van der Waals surface area contributed by atoms with Gasteiger partial charge in [-0.25, -0.2) is 0 Å². The Morgan fingerprint density at radius 2 is 1.47 bits per heavy atom. The van der Waals surface area contributed by atoms with Gasteiger partial charge in [0, 0.05) is 29.7 Å². The average Bonchev–Trinajstić information content (AvgIpc) is 2.93. The van der Waals surface area contributed by atoms with Crippen LogP contribution in [0.3, 0.4) is 0 Å². The molecule has 90 valence electrons. The zero-order chi connectivity index (χ0) is 13.1. The summed E-state index contributed by atoms with van der Waals surface area (Å²) < 4.78 is 0. The van der Waals surface area contributed by atoms with E-state index in [-0.39, 0.29) is 0 Å². The van der Waals surface area contributed by atoms with Crippen LogP contribution in [0.1, 0.15) is 5.56 Å². The molecular weight excluding hydrogens is 254 g/mol. The maximum Gasteiger partial charge on any atom is 0.101 e. The van der Waals surface area contributed by atoms with E-state index in [4.69, 9.17) is 0 Å². The standard InChI is InChI=1S/C15H9N3S/c16-10-13-9-14(11-1-5-17-6-2-11)19-15(13)12-3-7-18-8-4-12/h1-9H. The molecular formula is C15H9N3S. The Hall–Kier alpha value is -2.51. The Kier molecular flexibility index (Phi) is 3.05. The van der Waals surface area contributed by atoms with Crippen LogP contribution in [0.15, 0.2) is 55.1 Å². The van der Waals surface area contributed by atoms with E-state index in [0.29, 0.717) is 5.56 Å². The Morgan fingerprint density at radius 3 is 2.05 bits per heavy atom. The summed E-state index contributed by atoms with van der Waals surface area (Å²) in [7, 11) is 0. The van der Waals surface area contributed by atoms with Crippen LogP contribution in [0, 0.1) is 11.3 Å². The predicted molar refractivity (Wildman–Crippen MR) is 75.5 cm³/mol. The van der Waals surface area contributed by atoms with Crippen LogP contribution < -0.4 is 0 Å². The van der Waals surface area contributed by atoms with Crippen molar-refractivity contribution < 1.29 is 0 Å². The maximum absolute atomic E-state index is 9.27. The van der Waals surface area contributed by atoms with Crippen molar-refractivity contribution >= 4 is 11.3 Å². The van der Waals surface area contributed by atoms with E-state index in [1.165, 1.54) is 0 Å². The molecule has 0 aliphatic heterocycles. The second-order valence-corrected chi connectivity index (χ2v) is 4.99. The average molecular weight is 263 g/mol. The molecule has 3 heterocycles. The molecule has 0 amide bonds. The summed E-state index contributed by atoms with van der Waals surface area (Å²) >= 11 is 1.61. The number of hydrogen-bond acceptors (Lipinski definition) is 4. The van der Waals surface area contributed by atoms with E-state index < -0.39 is 0 Å². The van der Waals surface area contributed by atoms with Gasteiger partial charge in [-0.15, -0.1) is 11.3 Å². The van der Waals surface area contributed by atoms with E-state index in [2.05, 4.69) is 16.0 Å². The first kappa shape index (κ1) is 11.6. The van der Waals surface area contributed by atoms with E-state index in [1.54, 1.807) is 36.1 Å². The van der Waals surface area contributed by atoms with Gasteiger partial charge in [-0.3, -0.25) is 9.97 Å². The van der Waals surface area contributed by atoms with Gasteiger partial charge in [0.2, 0.25) is 0 Å². The minimum Gasteiger partial charge on any atom is -0.265 e. The van der Waals surface area contributed by atoms with Crippen molar-refractivity contribution in [3.8, 4) is 27.0 Å². The molecule has 19 heavy (non-hydrogen) atoms. The number of rotatable bonds is 2. The quantitative estimate of drug-likeness (QED) is 0.707. The molecule has 0 fully saturated rings. The number of hydrogen-bond donors (Lipinski definition) is 0. The molecule has 0 bridgehead atoms. The highest BCUT2D eigenvalue weighted by Gasteiger charge is 2.11. The van der Waals surface area contributed by atoms with Gasteiger partial charge in [-0.05, 0) is 41.5 Å². The summed E-state index contributed by atoms with van der Waals surface area (Å²) in [4.78, 5) is 10.1. The summed E-state index contributed by atoms with van der Waals surface area (Å²) in [5.41, 5.74) is 2.80. The van der Waals surface area contributed by atoms with Gasteiger partial charge in [-0.2, -0.15) is 5.26 Å². The van der Waals surface area contributed by atoms with Gasteiger partial charge in [0.25, 0.3) is 0 Å². The summed E-state index contributed by atoms with van der Waals surface area (Å²) in [5, 5.41) is 9.27. The van der Waals surface area contributed by atoms with Crippen molar-refractivity contribution in [3.63, 3.8) is 0 Å². The van der Waals surface area contributed by atoms with Crippen molar-refractivity contribution in [2.45, 2.75) is 0 Å². The van der Waals surface area contributed by atoms with E-state index in [9.17, 15) is 5.26 Å². The fraction of sp³-hybridized carbons (Fsp3) is 0. The molecule has 0 atom stereocenters. The Morgan fingerprint density at radius 1 is 0.895 bits per heavy atom. The third-order valence-electron chi connectivity index (χ3n) is 2.76. The topological polar surface area (TPSA) is 49.6 Å². The lowest BCUT2D eigenvalue weighted by atomic mass is 10.1. The van der Waals surface area contributed by atoms with Gasteiger partial charge in [0.05, 0.1) is 10.4 Å². The highest BCUT2D eigenvalue weighted by atomic mass is 32.1. The van der Waals surface area contributed by atoms with Gasteiger partial charge in [-0.1, -0.05) is 0 Å². The van der Waals surface area contributed by atoms with E-state index >= 15 is 0 Å². The Labute approximate surface area is 114 Å². The summed E-state index contributed by atoms with van der Waals surface area (Å²) in [6, 6.07) is 11.9. The largest absolute Gasteiger partial charge is 0.265 e. The Bertz CT molecular complexity index is 727. The van der Waals surface area contributed by atoms with Crippen molar-refractivity contribution in [1.29, 1.82) is 5.26 Å². The molecule has 3 aromatic rings. The van der Waals surface area contributed by atoms with Crippen LogP contribution in [0.25, 0.3) is 20.9 Å². The molecule has 0 spiro atoms. The lowest BCUT2D eigenvalue weighted by molar-refractivity contribution is 1.33. The molecule has 3 aromatic heterocycles. The minimum atomic E-state index is 0.697. The molecule has 0 radical (unpaired) electrons. The molecule has 0 aromatic carbocycles. The number of nitrogens with zero attached hydrogens (tertiary/aromatic N) is 3. The third kappa shape index (κ3) is 2.24. The molecule has 0 aliphatic carbocycles. The molecule has 3 rings (SSSR count). The normalized spacial score (nSPS) is 10.1. The maximum atomic E-state index is 9.27. The fourth-order valence-electron chi connectivity index (χ4n) is 1.85. The van der Waals surface area contributed by atoms with Crippen molar-refractivity contribution in [2.75, 3.05) is 0 Å². The summed E-state index contributed by atoms with van der Waals surface area (Å²) in [5.74, 6) is 0. The second kappa shape index (κ2) is 5.01. The second-order valence-electron chi connectivity index (χ2n) is 3.94. The summed E-state index contributed by atoms with van der Waals surface area (Å²) in [6.07, 6.45) is 6.99. The van der Waals surface area contributed by atoms with Crippen LogP contribution in [0.5, 0.6) is 0 Å². The van der Waals surface area contributed by atoms with Crippen LogP contribution in [0.2, 0.25) is 0 Å². The van der Waals surface area contributed by atoms with Gasteiger partial charge >= 0.3 is 0 Å². The van der Waals surface area contributed by atoms with Crippen molar-refractivity contribution in [2.24, 2.45) is 0 Å². The first-order valence-corrected chi connectivity index (χ1v) is 6.55. The highest BCUT2D eigenvalue weighted by Crippen LogP contribution is 2.37. The van der Waals surface area contributed by atoms with E-state index in [1.807, 2.05) is 30.3 Å². The number of nitriles is 1.